The van der Waals surface area contributed by atoms with Crippen molar-refractivity contribution in [3.63, 3.8) is 0 Å². The summed E-state index contributed by atoms with van der Waals surface area (Å²) in [7, 11) is 0. The maximum atomic E-state index is 12.1. The fourth-order valence-corrected chi connectivity index (χ4v) is 1.95. The van der Waals surface area contributed by atoms with Crippen molar-refractivity contribution in [3.05, 3.63) is 54.0 Å². The molecule has 1 aromatic carbocycles. The van der Waals surface area contributed by atoms with E-state index in [4.69, 9.17) is 9.15 Å². The number of anilines is 1. The molecule has 0 saturated heterocycles. The van der Waals surface area contributed by atoms with Gasteiger partial charge in [0.25, 0.3) is 11.8 Å². The standard InChI is InChI=1S/C18H20N2O5/c1-11-6-8-14(9-7-11)20-16(21)13(3)25-18(23)12(2)19-17(22)15-5-4-10-24-15/h4-10,12-13H,1-3H3,(H,19,22)(H,20,21)/t12-,13+/m0/s1. The van der Waals surface area contributed by atoms with Gasteiger partial charge in [-0.05, 0) is 45.0 Å². The number of carbonyl (C=O) groups excluding carboxylic acids is 3. The van der Waals surface area contributed by atoms with Crippen LogP contribution in [0.2, 0.25) is 0 Å². The van der Waals surface area contributed by atoms with E-state index < -0.39 is 29.9 Å². The number of furan rings is 1. The number of hydrogen-bond donors (Lipinski definition) is 2. The predicted octanol–water partition coefficient (Wildman–Crippen LogP) is 2.28. The highest BCUT2D eigenvalue weighted by Gasteiger charge is 2.24. The molecule has 0 aliphatic carbocycles. The van der Waals surface area contributed by atoms with Crippen LogP contribution in [0.3, 0.4) is 0 Å². The van der Waals surface area contributed by atoms with Gasteiger partial charge in [-0.15, -0.1) is 0 Å². The normalized spacial score (nSPS) is 12.8. The Morgan fingerprint density at radius 1 is 1.08 bits per heavy atom. The molecular weight excluding hydrogens is 324 g/mol. The zero-order chi connectivity index (χ0) is 18.4. The van der Waals surface area contributed by atoms with Gasteiger partial charge in [0.15, 0.2) is 11.9 Å². The average molecular weight is 344 g/mol. The largest absolute Gasteiger partial charge is 0.459 e. The summed E-state index contributed by atoms with van der Waals surface area (Å²) in [4.78, 5) is 35.9. The molecule has 2 aromatic rings. The quantitative estimate of drug-likeness (QED) is 0.784. The Hall–Kier alpha value is -3.09. The van der Waals surface area contributed by atoms with Gasteiger partial charge < -0.3 is 19.8 Å². The van der Waals surface area contributed by atoms with E-state index in [0.29, 0.717) is 5.69 Å². The summed E-state index contributed by atoms with van der Waals surface area (Å²) in [5.74, 6) is -1.62. The molecule has 25 heavy (non-hydrogen) atoms. The topological polar surface area (TPSA) is 97.6 Å². The highest BCUT2D eigenvalue weighted by molar-refractivity contribution is 5.97. The highest BCUT2D eigenvalue weighted by Crippen LogP contribution is 2.10. The molecule has 0 aliphatic rings. The lowest BCUT2D eigenvalue weighted by Gasteiger charge is -2.17. The molecular formula is C18H20N2O5. The molecule has 2 N–H and O–H groups in total. The lowest BCUT2D eigenvalue weighted by Crippen LogP contribution is -2.42. The maximum Gasteiger partial charge on any atom is 0.329 e. The Kier molecular flexibility index (Phi) is 5.94. The zero-order valence-electron chi connectivity index (χ0n) is 14.2. The van der Waals surface area contributed by atoms with Crippen molar-refractivity contribution >= 4 is 23.5 Å². The van der Waals surface area contributed by atoms with E-state index in [1.165, 1.54) is 26.2 Å². The minimum atomic E-state index is -1.00. The van der Waals surface area contributed by atoms with Gasteiger partial charge in [-0.2, -0.15) is 0 Å². The van der Waals surface area contributed by atoms with Crippen LogP contribution < -0.4 is 10.6 Å². The van der Waals surface area contributed by atoms with Gasteiger partial charge in [-0.1, -0.05) is 17.7 Å². The Morgan fingerprint density at radius 3 is 2.36 bits per heavy atom. The number of ether oxygens (including phenoxy) is 1. The minimum absolute atomic E-state index is 0.0878. The molecule has 0 aliphatic heterocycles. The van der Waals surface area contributed by atoms with Gasteiger partial charge in [0.2, 0.25) is 0 Å². The smallest absolute Gasteiger partial charge is 0.329 e. The van der Waals surface area contributed by atoms with Crippen LogP contribution >= 0.6 is 0 Å². The van der Waals surface area contributed by atoms with Crippen LogP contribution in [0.1, 0.15) is 30.0 Å². The number of nitrogens with one attached hydrogen (secondary N) is 2. The lowest BCUT2D eigenvalue weighted by atomic mass is 10.2. The summed E-state index contributed by atoms with van der Waals surface area (Å²) >= 11 is 0. The number of hydrogen-bond acceptors (Lipinski definition) is 5. The molecule has 132 valence electrons. The molecule has 7 heteroatoms. The second-order valence-corrected chi connectivity index (χ2v) is 5.61. The summed E-state index contributed by atoms with van der Waals surface area (Å²) in [6.07, 6.45) is 0.354. The number of amides is 2. The van der Waals surface area contributed by atoms with Crippen molar-refractivity contribution in [2.75, 3.05) is 5.32 Å². The Morgan fingerprint density at radius 2 is 1.76 bits per heavy atom. The van der Waals surface area contributed by atoms with E-state index in [9.17, 15) is 14.4 Å². The SMILES string of the molecule is Cc1ccc(NC(=O)[C@@H](C)OC(=O)[C@H](C)NC(=O)c2ccco2)cc1. The van der Waals surface area contributed by atoms with Crippen molar-refractivity contribution in [2.45, 2.75) is 32.9 Å². The Bertz CT molecular complexity index is 737. The van der Waals surface area contributed by atoms with Crippen LogP contribution in [0.5, 0.6) is 0 Å². The van der Waals surface area contributed by atoms with Gasteiger partial charge >= 0.3 is 5.97 Å². The second-order valence-electron chi connectivity index (χ2n) is 5.61. The van der Waals surface area contributed by atoms with E-state index in [2.05, 4.69) is 10.6 Å². The van der Waals surface area contributed by atoms with Crippen LogP contribution in [0.15, 0.2) is 47.1 Å². The first kappa shape index (κ1) is 18.3. The monoisotopic (exact) mass is 344 g/mol. The van der Waals surface area contributed by atoms with Crippen LogP contribution in [-0.2, 0) is 14.3 Å². The van der Waals surface area contributed by atoms with Crippen LogP contribution in [0, 0.1) is 6.92 Å². The first-order chi connectivity index (χ1) is 11.9. The molecule has 1 heterocycles. The van der Waals surface area contributed by atoms with Crippen LogP contribution in [-0.4, -0.2) is 29.9 Å². The zero-order valence-corrected chi connectivity index (χ0v) is 14.2. The summed E-state index contributed by atoms with van der Waals surface area (Å²) in [6, 6.07) is 9.35. The molecule has 0 radical (unpaired) electrons. The van der Waals surface area contributed by atoms with Gasteiger partial charge in [0, 0.05) is 5.69 Å². The molecule has 1 aromatic heterocycles. The second kappa shape index (κ2) is 8.14. The van der Waals surface area contributed by atoms with Crippen molar-refractivity contribution in [1.82, 2.24) is 5.32 Å². The Balaban J connectivity index is 1.84. The number of benzene rings is 1. The molecule has 0 spiro atoms. The summed E-state index contributed by atoms with van der Waals surface area (Å²) < 4.78 is 10.0. The van der Waals surface area contributed by atoms with Gasteiger partial charge in [-0.3, -0.25) is 9.59 Å². The lowest BCUT2D eigenvalue weighted by molar-refractivity contribution is -0.154. The number of carbonyl (C=O) groups is 3. The fourth-order valence-electron chi connectivity index (χ4n) is 1.95. The molecule has 2 atom stereocenters. The summed E-state index contributed by atoms with van der Waals surface area (Å²) in [6.45, 7) is 4.87. The Labute approximate surface area is 145 Å². The number of esters is 1. The minimum Gasteiger partial charge on any atom is -0.459 e. The molecule has 2 amide bonds. The van der Waals surface area contributed by atoms with E-state index in [1.807, 2.05) is 19.1 Å². The fraction of sp³-hybridized carbons (Fsp3) is 0.278. The molecule has 0 fully saturated rings. The molecule has 0 saturated carbocycles. The average Bonchev–Trinajstić information content (AvgIpc) is 3.11. The van der Waals surface area contributed by atoms with Gasteiger partial charge in [0.1, 0.15) is 6.04 Å². The molecule has 7 nitrogen and oxygen atoms in total. The van der Waals surface area contributed by atoms with Crippen LogP contribution in [0.4, 0.5) is 5.69 Å². The first-order valence-corrected chi connectivity index (χ1v) is 7.79. The first-order valence-electron chi connectivity index (χ1n) is 7.79. The van der Waals surface area contributed by atoms with Crippen LogP contribution in [0.25, 0.3) is 0 Å². The number of rotatable bonds is 6. The van der Waals surface area contributed by atoms with E-state index >= 15 is 0 Å². The van der Waals surface area contributed by atoms with Gasteiger partial charge in [0.05, 0.1) is 6.26 Å². The van der Waals surface area contributed by atoms with Crippen molar-refractivity contribution < 1.29 is 23.5 Å². The predicted molar refractivity (Wildman–Crippen MR) is 91.0 cm³/mol. The van der Waals surface area contributed by atoms with Crippen molar-refractivity contribution in [2.24, 2.45) is 0 Å². The number of aryl methyl sites for hydroxylation is 1. The van der Waals surface area contributed by atoms with E-state index in [1.54, 1.807) is 18.2 Å². The van der Waals surface area contributed by atoms with E-state index in [0.717, 1.165) is 5.56 Å². The highest BCUT2D eigenvalue weighted by atomic mass is 16.5. The molecule has 0 unspecified atom stereocenters. The molecule has 2 rings (SSSR count). The third-order valence-corrected chi connectivity index (χ3v) is 3.43. The van der Waals surface area contributed by atoms with Crippen molar-refractivity contribution in [1.29, 1.82) is 0 Å². The summed E-state index contributed by atoms with van der Waals surface area (Å²) in [5, 5.41) is 5.10. The molecule has 0 bridgehead atoms. The third kappa shape index (κ3) is 5.20. The van der Waals surface area contributed by atoms with Crippen molar-refractivity contribution in [3.8, 4) is 0 Å². The summed E-state index contributed by atoms with van der Waals surface area (Å²) in [5.41, 5.74) is 1.68. The van der Waals surface area contributed by atoms with Gasteiger partial charge in [-0.25, -0.2) is 4.79 Å². The maximum absolute atomic E-state index is 12.1. The van der Waals surface area contributed by atoms with E-state index in [-0.39, 0.29) is 5.76 Å². The third-order valence-electron chi connectivity index (χ3n) is 3.43.